The lowest BCUT2D eigenvalue weighted by Gasteiger charge is -2.03. The molecule has 0 saturated heterocycles. The van der Waals surface area contributed by atoms with E-state index in [1.54, 1.807) is 12.3 Å². The zero-order valence-electron chi connectivity index (χ0n) is 6.71. The Bertz CT molecular complexity index is 244. The molecule has 0 aromatic carbocycles. The van der Waals surface area contributed by atoms with E-state index in [1.165, 1.54) is 0 Å². The molecule has 0 spiro atoms. The molecule has 1 N–H and O–H groups in total. The number of rotatable bonds is 3. The molecule has 0 bridgehead atoms. The number of hydrogen-bond donors (Lipinski definition) is 1. The standard InChI is InChI=1S/C8H10INO2/c1-6(9)8(11)10-5-7-3-2-4-12-7/h2-4,6H,5H2,1H3,(H,10,11). The quantitative estimate of drug-likeness (QED) is 0.676. The van der Waals surface area contributed by atoms with Crippen molar-refractivity contribution in [2.24, 2.45) is 0 Å². The number of hydrogen-bond acceptors (Lipinski definition) is 2. The van der Waals surface area contributed by atoms with Crippen molar-refractivity contribution in [1.29, 1.82) is 0 Å². The summed E-state index contributed by atoms with van der Waals surface area (Å²) in [6.45, 7) is 2.32. The summed E-state index contributed by atoms with van der Waals surface area (Å²) in [4.78, 5) is 11.1. The molecule has 1 rings (SSSR count). The second-order valence-electron chi connectivity index (χ2n) is 2.41. The summed E-state index contributed by atoms with van der Waals surface area (Å²) in [6.07, 6.45) is 1.59. The normalized spacial score (nSPS) is 12.5. The summed E-state index contributed by atoms with van der Waals surface area (Å²) < 4.78 is 5.04. The highest BCUT2D eigenvalue weighted by molar-refractivity contribution is 14.1. The molecular weight excluding hydrogens is 269 g/mol. The highest BCUT2D eigenvalue weighted by atomic mass is 127. The number of carbonyl (C=O) groups excluding carboxylic acids is 1. The van der Waals surface area contributed by atoms with Gasteiger partial charge in [0.15, 0.2) is 0 Å². The van der Waals surface area contributed by atoms with Crippen LogP contribution in [0.15, 0.2) is 22.8 Å². The molecular formula is C8H10INO2. The van der Waals surface area contributed by atoms with Gasteiger partial charge in [-0.15, -0.1) is 0 Å². The number of furan rings is 1. The fourth-order valence-corrected chi connectivity index (χ4v) is 0.948. The van der Waals surface area contributed by atoms with Gasteiger partial charge in [-0.1, -0.05) is 22.6 Å². The van der Waals surface area contributed by atoms with Crippen LogP contribution in [0.1, 0.15) is 12.7 Å². The van der Waals surface area contributed by atoms with Gasteiger partial charge in [0.1, 0.15) is 5.76 Å². The minimum atomic E-state index is -0.00226. The highest BCUT2D eigenvalue weighted by Gasteiger charge is 2.07. The number of amides is 1. The Hall–Kier alpha value is -0.520. The maximum absolute atomic E-state index is 11.1. The van der Waals surface area contributed by atoms with Crippen LogP contribution < -0.4 is 5.32 Å². The summed E-state index contributed by atoms with van der Waals surface area (Å²) in [5.74, 6) is 0.812. The van der Waals surface area contributed by atoms with E-state index in [9.17, 15) is 4.79 Å². The Morgan fingerprint density at radius 1 is 1.83 bits per heavy atom. The van der Waals surface area contributed by atoms with Gasteiger partial charge in [0.2, 0.25) is 5.91 Å². The van der Waals surface area contributed by atoms with Gasteiger partial charge in [0.25, 0.3) is 0 Å². The third kappa shape index (κ3) is 2.84. The Kier molecular flexibility index (Phi) is 3.58. The average Bonchev–Trinajstić information content (AvgIpc) is 2.51. The molecule has 4 heteroatoms. The first kappa shape index (κ1) is 9.57. The molecule has 0 aliphatic rings. The zero-order valence-corrected chi connectivity index (χ0v) is 8.87. The molecule has 0 radical (unpaired) electrons. The molecule has 0 aliphatic carbocycles. The molecule has 1 aromatic rings. The summed E-state index contributed by atoms with van der Waals surface area (Å²) >= 11 is 2.07. The molecule has 1 aromatic heterocycles. The molecule has 1 amide bonds. The van der Waals surface area contributed by atoms with E-state index in [0.29, 0.717) is 6.54 Å². The van der Waals surface area contributed by atoms with Gasteiger partial charge < -0.3 is 9.73 Å². The highest BCUT2D eigenvalue weighted by Crippen LogP contribution is 2.01. The third-order valence-corrected chi connectivity index (χ3v) is 1.94. The van der Waals surface area contributed by atoms with Crippen molar-refractivity contribution in [3.05, 3.63) is 24.2 Å². The van der Waals surface area contributed by atoms with Gasteiger partial charge in [-0.2, -0.15) is 0 Å². The molecule has 1 heterocycles. The molecule has 66 valence electrons. The number of halogens is 1. The minimum absolute atomic E-state index is 0.00226. The van der Waals surface area contributed by atoms with Crippen molar-refractivity contribution in [1.82, 2.24) is 5.32 Å². The average molecular weight is 279 g/mol. The fraction of sp³-hybridized carbons (Fsp3) is 0.375. The van der Waals surface area contributed by atoms with Crippen LogP contribution in [-0.4, -0.2) is 9.83 Å². The Balaban J connectivity index is 2.32. The number of nitrogens with one attached hydrogen (secondary N) is 1. The maximum atomic E-state index is 11.1. The van der Waals surface area contributed by atoms with Crippen LogP contribution in [-0.2, 0) is 11.3 Å². The molecule has 0 fully saturated rings. The van der Waals surface area contributed by atoms with E-state index in [2.05, 4.69) is 27.9 Å². The van der Waals surface area contributed by atoms with E-state index in [0.717, 1.165) is 5.76 Å². The number of carbonyl (C=O) groups is 1. The fourth-order valence-electron chi connectivity index (χ4n) is 0.728. The van der Waals surface area contributed by atoms with E-state index >= 15 is 0 Å². The lowest BCUT2D eigenvalue weighted by molar-refractivity contribution is -0.120. The van der Waals surface area contributed by atoms with Crippen molar-refractivity contribution in [2.75, 3.05) is 0 Å². The van der Waals surface area contributed by atoms with Gasteiger partial charge in [-0.25, -0.2) is 0 Å². The summed E-state index contributed by atoms with van der Waals surface area (Å²) in [6, 6.07) is 3.63. The topological polar surface area (TPSA) is 42.2 Å². The van der Waals surface area contributed by atoms with Crippen LogP contribution in [0, 0.1) is 0 Å². The van der Waals surface area contributed by atoms with Crippen molar-refractivity contribution in [2.45, 2.75) is 17.4 Å². The zero-order chi connectivity index (χ0) is 8.97. The lowest BCUT2D eigenvalue weighted by atomic mass is 10.4. The van der Waals surface area contributed by atoms with Crippen LogP contribution in [0.4, 0.5) is 0 Å². The SMILES string of the molecule is CC(I)C(=O)NCc1ccco1. The summed E-state index contributed by atoms with van der Waals surface area (Å²) in [7, 11) is 0. The first-order chi connectivity index (χ1) is 5.70. The van der Waals surface area contributed by atoms with Crippen LogP contribution >= 0.6 is 22.6 Å². The second-order valence-corrected chi connectivity index (χ2v) is 4.28. The van der Waals surface area contributed by atoms with E-state index in [-0.39, 0.29) is 9.83 Å². The summed E-state index contributed by atoms with van der Waals surface area (Å²) in [5, 5.41) is 2.74. The molecule has 12 heavy (non-hydrogen) atoms. The predicted molar refractivity (Wildman–Crippen MR) is 54.0 cm³/mol. The second kappa shape index (κ2) is 4.49. The van der Waals surface area contributed by atoms with E-state index < -0.39 is 0 Å². The maximum Gasteiger partial charge on any atom is 0.233 e. The predicted octanol–water partition coefficient (Wildman–Crippen LogP) is 1.72. The summed E-state index contributed by atoms with van der Waals surface area (Å²) in [5.41, 5.74) is 0. The van der Waals surface area contributed by atoms with Crippen LogP contribution in [0.3, 0.4) is 0 Å². The van der Waals surface area contributed by atoms with Gasteiger partial charge >= 0.3 is 0 Å². The van der Waals surface area contributed by atoms with Crippen LogP contribution in [0.25, 0.3) is 0 Å². The molecule has 0 aliphatic heterocycles. The largest absolute Gasteiger partial charge is 0.467 e. The van der Waals surface area contributed by atoms with Gasteiger partial charge in [0.05, 0.1) is 16.7 Å². The molecule has 1 atom stereocenters. The van der Waals surface area contributed by atoms with Crippen molar-refractivity contribution in [3.8, 4) is 0 Å². The molecule has 3 nitrogen and oxygen atoms in total. The Labute approximate surface area is 84.7 Å². The lowest BCUT2D eigenvalue weighted by Crippen LogP contribution is -2.28. The minimum Gasteiger partial charge on any atom is -0.467 e. The smallest absolute Gasteiger partial charge is 0.233 e. The first-order valence-corrected chi connectivity index (χ1v) is 4.89. The Morgan fingerprint density at radius 2 is 2.58 bits per heavy atom. The van der Waals surface area contributed by atoms with Gasteiger partial charge in [-0.05, 0) is 19.1 Å². The van der Waals surface area contributed by atoms with Crippen molar-refractivity contribution >= 4 is 28.5 Å². The monoisotopic (exact) mass is 279 g/mol. The van der Waals surface area contributed by atoms with Crippen LogP contribution in [0.2, 0.25) is 0 Å². The number of alkyl halides is 1. The molecule has 0 saturated carbocycles. The third-order valence-electron chi connectivity index (χ3n) is 1.38. The van der Waals surface area contributed by atoms with Crippen LogP contribution in [0.5, 0.6) is 0 Å². The van der Waals surface area contributed by atoms with Gasteiger partial charge in [0, 0.05) is 0 Å². The van der Waals surface area contributed by atoms with E-state index in [1.807, 2.05) is 13.0 Å². The van der Waals surface area contributed by atoms with Gasteiger partial charge in [-0.3, -0.25) is 4.79 Å². The van der Waals surface area contributed by atoms with E-state index in [4.69, 9.17) is 4.42 Å². The van der Waals surface area contributed by atoms with Crippen molar-refractivity contribution < 1.29 is 9.21 Å². The van der Waals surface area contributed by atoms with Crippen molar-refractivity contribution in [3.63, 3.8) is 0 Å². The Morgan fingerprint density at radius 3 is 3.08 bits per heavy atom. The molecule has 1 unspecified atom stereocenters. The first-order valence-electron chi connectivity index (χ1n) is 3.64.